The van der Waals surface area contributed by atoms with Crippen molar-refractivity contribution < 1.29 is 14.3 Å². The van der Waals surface area contributed by atoms with Crippen molar-refractivity contribution in [3.05, 3.63) is 29.8 Å². The van der Waals surface area contributed by atoms with Gasteiger partial charge in [0.15, 0.2) is 0 Å². The van der Waals surface area contributed by atoms with E-state index in [9.17, 15) is 9.59 Å². The number of rotatable bonds is 1. The lowest BCUT2D eigenvalue weighted by molar-refractivity contribution is 0.0153. The third-order valence-electron chi connectivity index (χ3n) is 5.38. The molecule has 0 spiro atoms. The number of piperidine rings is 1. The molecule has 2 saturated heterocycles. The Bertz CT molecular complexity index is 634. The molecule has 23 heavy (non-hydrogen) atoms. The van der Waals surface area contributed by atoms with Crippen LogP contribution >= 0.6 is 0 Å². The Morgan fingerprint density at radius 1 is 1.22 bits per heavy atom. The number of benzene rings is 1. The summed E-state index contributed by atoms with van der Waals surface area (Å²) in [6.45, 7) is 0.264. The second kappa shape index (κ2) is 5.53. The highest BCUT2D eigenvalue weighted by molar-refractivity contribution is 6.01. The van der Waals surface area contributed by atoms with Crippen molar-refractivity contribution >= 4 is 17.8 Å². The highest BCUT2D eigenvalue weighted by atomic mass is 16.6. The predicted octanol–water partition coefficient (Wildman–Crippen LogP) is 2.80. The van der Waals surface area contributed by atoms with Gasteiger partial charge in [-0.1, -0.05) is 18.2 Å². The van der Waals surface area contributed by atoms with Crippen LogP contribution in [-0.2, 0) is 11.3 Å². The van der Waals surface area contributed by atoms with Gasteiger partial charge in [0.1, 0.15) is 6.10 Å². The van der Waals surface area contributed by atoms with Crippen LogP contribution in [0.2, 0.25) is 0 Å². The van der Waals surface area contributed by atoms with Gasteiger partial charge in [0.25, 0.3) is 0 Å². The monoisotopic (exact) mass is 315 g/mol. The van der Waals surface area contributed by atoms with Crippen LogP contribution < -0.4 is 5.32 Å². The van der Waals surface area contributed by atoms with Crippen molar-refractivity contribution in [2.24, 2.45) is 0 Å². The molecule has 0 aliphatic carbocycles. The van der Waals surface area contributed by atoms with Crippen LogP contribution in [0.15, 0.2) is 24.3 Å². The van der Waals surface area contributed by atoms with Crippen LogP contribution in [-0.4, -0.2) is 47.2 Å². The Labute approximate surface area is 135 Å². The van der Waals surface area contributed by atoms with E-state index < -0.39 is 12.1 Å². The van der Waals surface area contributed by atoms with Crippen molar-refractivity contribution in [1.29, 1.82) is 0 Å². The fourth-order valence-electron chi connectivity index (χ4n) is 4.02. The second-order valence-electron chi connectivity index (χ2n) is 6.70. The number of ether oxygens (including phenoxy) is 1. The fraction of sp³-hybridized carbons (Fsp3) is 0.529. The molecular weight excluding hydrogens is 294 g/mol. The minimum Gasteiger partial charge on any atom is -0.446 e. The molecule has 6 nitrogen and oxygen atoms in total. The van der Waals surface area contributed by atoms with Crippen molar-refractivity contribution in [1.82, 2.24) is 9.80 Å². The molecule has 6 heteroatoms. The molecule has 0 unspecified atom stereocenters. The number of hydrogen-bond donors (Lipinski definition) is 1. The summed E-state index contributed by atoms with van der Waals surface area (Å²) in [5.41, 5.74) is 1.69. The predicted molar refractivity (Wildman–Crippen MR) is 85.1 cm³/mol. The Balaban J connectivity index is 1.43. The number of fused-ring (bicyclic) bond motifs is 3. The number of para-hydroxylation sites is 1. The first-order chi connectivity index (χ1) is 11.1. The molecule has 0 radical (unpaired) electrons. The third-order valence-corrected chi connectivity index (χ3v) is 5.38. The van der Waals surface area contributed by atoms with Gasteiger partial charge in [0.05, 0.1) is 6.54 Å². The largest absolute Gasteiger partial charge is 0.446 e. The van der Waals surface area contributed by atoms with Crippen LogP contribution in [0.25, 0.3) is 0 Å². The highest BCUT2D eigenvalue weighted by Gasteiger charge is 2.41. The second-order valence-corrected chi connectivity index (χ2v) is 6.70. The number of carbonyl (C=O) groups excluding carboxylic acids is 2. The number of urea groups is 1. The summed E-state index contributed by atoms with van der Waals surface area (Å²) < 4.78 is 5.64. The van der Waals surface area contributed by atoms with Crippen molar-refractivity contribution in [2.75, 3.05) is 12.4 Å². The zero-order valence-corrected chi connectivity index (χ0v) is 13.2. The van der Waals surface area contributed by atoms with Gasteiger partial charge in [-0.2, -0.15) is 0 Å². The first-order valence-electron chi connectivity index (χ1n) is 8.21. The number of nitrogens with one attached hydrogen (secondary N) is 1. The summed E-state index contributed by atoms with van der Waals surface area (Å²) in [5, 5.41) is 2.74. The molecule has 3 amide bonds. The Morgan fingerprint density at radius 3 is 2.65 bits per heavy atom. The van der Waals surface area contributed by atoms with E-state index in [1.54, 1.807) is 0 Å². The van der Waals surface area contributed by atoms with Crippen LogP contribution in [0.3, 0.4) is 0 Å². The molecule has 1 aromatic carbocycles. The van der Waals surface area contributed by atoms with Gasteiger partial charge in [-0.25, -0.2) is 14.5 Å². The van der Waals surface area contributed by atoms with Crippen molar-refractivity contribution in [2.45, 2.75) is 50.4 Å². The van der Waals surface area contributed by atoms with Crippen LogP contribution in [0.1, 0.15) is 31.2 Å². The average molecular weight is 315 g/mol. The van der Waals surface area contributed by atoms with Gasteiger partial charge in [0.2, 0.25) is 0 Å². The smallest absolute Gasteiger partial charge is 0.418 e. The quantitative estimate of drug-likeness (QED) is 0.865. The average Bonchev–Trinajstić information content (AvgIpc) is 2.75. The van der Waals surface area contributed by atoms with Crippen molar-refractivity contribution in [3.8, 4) is 0 Å². The van der Waals surface area contributed by atoms with E-state index in [0.29, 0.717) is 12.1 Å². The van der Waals surface area contributed by atoms with Gasteiger partial charge in [-0.15, -0.1) is 0 Å². The molecule has 2 atom stereocenters. The molecule has 1 N–H and O–H groups in total. The molecule has 0 aromatic heterocycles. The maximum Gasteiger partial charge on any atom is 0.418 e. The first-order valence-corrected chi connectivity index (χ1v) is 8.21. The number of carbonyl (C=O) groups is 2. The number of anilines is 1. The SMILES string of the molecule is CN1[C@@H]2CC[C@@H]1CC(OC(=O)N1Cc3ccccc3NC1=O)C2. The number of imide groups is 1. The standard InChI is InChI=1S/C17H21N3O3/c1-19-12-6-7-13(19)9-14(8-12)23-17(22)20-10-11-4-2-3-5-15(11)18-16(20)21/h2-5,12-14H,6-10H2,1H3,(H,18,21)/t12-,13-/m1/s1. The lowest BCUT2D eigenvalue weighted by Gasteiger charge is -2.36. The molecule has 0 saturated carbocycles. The fourth-order valence-corrected chi connectivity index (χ4v) is 4.02. The normalized spacial score (nSPS) is 29.9. The molecule has 2 bridgehead atoms. The molecule has 3 aliphatic rings. The summed E-state index contributed by atoms with van der Waals surface area (Å²) in [7, 11) is 2.15. The van der Waals surface area contributed by atoms with E-state index in [1.807, 2.05) is 24.3 Å². The van der Waals surface area contributed by atoms with Crippen LogP contribution in [0.4, 0.5) is 15.3 Å². The van der Waals surface area contributed by atoms with E-state index >= 15 is 0 Å². The van der Waals surface area contributed by atoms with Crippen LogP contribution in [0.5, 0.6) is 0 Å². The topological polar surface area (TPSA) is 61.9 Å². The number of amides is 3. The minimum absolute atomic E-state index is 0.0822. The Hall–Kier alpha value is -2.08. The van der Waals surface area contributed by atoms with Gasteiger partial charge in [-0.3, -0.25) is 0 Å². The van der Waals surface area contributed by atoms with Gasteiger partial charge >= 0.3 is 12.1 Å². The Morgan fingerprint density at radius 2 is 1.91 bits per heavy atom. The number of nitrogens with zero attached hydrogens (tertiary/aromatic N) is 2. The summed E-state index contributed by atoms with van der Waals surface area (Å²) in [6, 6.07) is 8.10. The van der Waals surface area contributed by atoms with Gasteiger partial charge in [0, 0.05) is 30.6 Å². The third kappa shape index (κ3) is 2.57. The van der Waals surface area contributed by atoms with E-state index in [4.69, 9.17) is 4.74 Å². The molecule has 122 valence electrons. The van der Waals surface area contributed by atoms with E-state index in [0.717, 1.165) is 29.0 Å². The Kier molecular flexibility index (Phi) is 3.49. The van der Waals surface area contributed by atoms with Crippen molar-refractivity contribution in [3.63, 3.8) is 0 Å². The molecule has 2 fully saturated rings. The van der Waals surface area contributed by atoms with Gasteiger partial charge < -0.3 is 15.0 Å². The minimum atomic E-state index is -0.536. The summed E-state index contributed by atoms with van der Waals surface area (Å²) >= 11 is 0. The molecule has 1 aromatic rings. The maximum absolute atomic E-state index is 12.4. The van der Waals surface area contributed by atoms with Gasteiger partial charge in [-0.05, 0) is 31.5 Å². The van der Waals surface area contributed by atoms with E-state index in [-0.39, 0.29) is 12.6 Å². The summed E-state index contributed by atoms with van der Waals surface area (Å²) in [4.78, 5) is 28.1. The summed E-state index contributed by atoms with van der Waals surface area (Å²) in [5.74, 6) is 0. The van der Waals surface area contributed by atoms with Crippen LogP contribution in [0, 0.1) is 0 Å². The zero-order chi connectivity index (χ0) is 16.0. The lowest BCUT2D eigenvalue weighted by Crippen LogP contribution is -2.47. The zero-order valence-electron chi connectivity index (χ0n) is 13.2. The van der Waals surface area contributed by atoms with E-state index in [1.165, 1.54) is 12.8 Å². The molecular formula is C17H21N3O3. The number of hydrogen-bond acceptors (Lipinski definition) is 4. The lowest BCUT2D eigenvalue weighted by atomic mass is 10.0. The highest BCUT2D eigenvalue weighted by Crippen LogP contribution is 2.36. The first kappa shape index (κ1) is 14.5. The van der Waals surface area contributed by atoms with E-state index in [2.05, 4.69) is 17.3 Å². The molecule has 4 rings (SSSR count). The molecule has 3 aliphatic heterocycles. The summed E-state index contributed by atoms with van der Waals surface area (Å²) in [6.07, 6.45) is 3.46. The molecule has 3 heterocycles. The maximum atomic E-state index is 12.4.